The van der Waals surface area contributed by atoms with Gasteiger partial charge < -0.3 is 4.74 Å². The third kappa shape index (κ3) is 5.39. The predicted octanol–water partition coefficient (Wildman–Crippen LogP) is 6.60. The Bertz CT molecular complexity index is 966. The second-order valence-electron chi connectivity index (χ2n) is 5.66. The highest BCUT2D eigenvalue weighted by molar-refractivity contribution is 7.99. The number of carbonyl (C=O) groups is 1. The Kier molecular flexibility index (Phi) is 6.61. The summed E-state index contributed by atoms with van der Waals surface area (Å²) in [4.78, 5) is 17.3. The summed E-state index contributed by atoms with van der Waals surface area (Å²) in [5.41, 5.74) is 2.47. The van der Waals surface area contributed by atoms with Gasteiger partial charge in [-0.2, -0.15) is 0 Å². The number of benzene rings is 2. The number of para-hydroxylation sites is 1. The molecule has 0 radical (unpaired) electrons. The zero-order valence-corrected chi connectivity index (χ0v) is 16.7. The molecule has 0 aliphatic heterocycles. The van der Waals surface area contributed by atoms with E-state index in [4.69, 9.17) is 27.9 Å². The van der Waals surface area contributed by atoms with Gasteiger partial charge in [0.2, 0.25) is 0 Å². The number of aryl methyl sites for hydroxylation is 1. The molecule has 4 nitrogen and oxygen atoms in total. The molecule has 1 amide bonds. The lowest BCUT2D eigenvalue weighted by Crippen LogP contribution is -2.14. The molecular formula is C20H16Cl2N2O2S. The second kappa shape index (κ2) is 9.13. The number of nitrogens with one attached hydrogen (secondary N) is 1. The molecule has 2 aromatic carbocycles. The number of amides is 1. The lowest BCUT2D eigenvalue weighted by molar-refractivity contribution is 0.154. The van der Waals surface area contributed by atoms with Crippen molar-refractivity contribution < 1.29 is 9.53 Å². The molecule has 0 aliphatic carbocycles. The van der Waals surface area contributed by atoms with Crippen LogP contribution < -0.4 is 5.32 Å². The van der Waals surface area contributed by atoms with Crippen LogP contribution in [0, 0.1) is 6.92 Å². The number of nitrogens with zero attached hydrogens (tertiary/aromatic N) is 1. The number of aromatic nitrogens is 1. The monoisotopic (exact) mass is 418 g/mol. The van der Waals surface area contributed by atoms with Gasteiger partial charge in [-0.25, -0.2) is 9.78 Å². The zero-order valence-electron chi connectivity index (χ0n) is 14.4. The minimum atomic E-state index is -0.520. The quantitative estimate of drug-likeness (QED) is 0.507. The lowest BCUT2D eigenvalue weighted by Gasteiger charge is -2.11. The molecule has 0 atom stereocenters. The van der Waals surface area contributed by atoms with Gasteiger partial charge in [0, 0.05) is 27.4 Å². The molecule has 0 aliphatic rings. The predicted molar refractivity (Wildman–Crippen MR) is 110 cm³/mol. The first-order chi connectivity index (χ1) is 13.0. The molecule has 3 rings (SSSR count). The van der Waals surface area contributed by atoms with E-state index in [1.165, 1.54) is 11.8 Å². The molecular weight excluding hydrogens is 403 g/mol. The van der Waals surface area contributed by atoms with E-state index >= 15 is 0 Å². The van der Waals surface area contributed by atoms with Crippen LogP contribution in [0.5, 0.6) is 0 Å². The third-order valence-electron chi connectivity index (χ3n) is 3.69. The second-order valence-corrected chi connectivity index (χ2v) is 7.53. The van der Waals surface area contributed by atoms with Crippen molar-refractivity contribution in [3.63, 3.8) is 0 Å². The molecule has 138 valence electrons. The molecule has 3 aromatic rings. The first-order valence-corrected chi connectivity index (χ1v) is 9.66. The normalized spacial score (nSPS) is 10.5. The van der Waals surface area contributed by atoms with E-state index in [0.29, 0.717) is 15.1 Å². The van der Waals surface area contributed by atoms with Gasteiger partial charge in [-0.1, -0.05) is 59.2 Å². The molecule has 0 unspecified atom stereocenters. The summed E-state index contributed by atoms with van der Waals surface area (Å²) < 4.78 is 5.36. The van der Waals surface area contributed by atoms with Crippen molar-refractivity contribution in [3.05, 3.63) is 82.0 Å². The molecule has 27 heavy (non-hydrogen) atoms. The Morgan fingerprint density at radius 3 is 2.74 bits per heavy atom. The molecule has 7 heteroatoms. The van der Waals surface area contributed by atoms with Crippen LogP contribution in [0.3, 0.4) is 0 Å². The van der Waals surface area contributed by atoms with Gasteiger partial charge >= 0.3 is 6.09 Å². The Balaban J connectivity index is 1.67. The van der Waals surface area contributed by atoms with Crippen LogP contribution in [-0.4, -0.2) is 11.1 Å². The maximum absolute atomic E-state index is 12.1. The molecule has 1 heterocycles. The Morgan fingerprint density at radius 1 is 1.15 bits per heavy atom. The van der Waals surface area contributed by atoms with Gasteiger partial charge in [0.05, 0.1) is 5.02 Å². The van der Waals surface area contributed by atoms with Crippen molar-refractivity contribution in [2.75, 3.05) is 5.32 Å². The average molecular weight is 419 g/mol. The first kappa shape index (κ1) is 19.5. The Hall–Kier alpha value is -2.21. The topological polar surface area (TPSA) is 51.2 Å². The maximum atomic E-state index is 12.1. The molecule has 1 N–H and O–H groups in total. The SMILES string of the molecule is Cc1ccccc1NC(=O)OCc1cccnc1Sc1ccc(Cl)cc1Cl. The van der Waals surface area contributed by atoms with Crippen molar-refractivity contribution in [1.82, 2.24) is 4.98 Å². The highest BCUT2D eigenvalue weighted by Gasteiger charge is 2.12. The minimum Gasteiger partial charge on any atom is -0.444 e. The standard InChI is InChI=1S/C20H16Cl2N2O2S/c1-13-5-2-3-7-17(13)24-20(25)26-12-14-6-4-10-23-19(14)27-18-9-8-15(21)11-16(18)22/h2-11H,12H2,1H3,(H,24,25). The maximum Gasteiger partial charge on any atom is 0.411 e. The molecule has 1 aromatic heterocycles. The number of pyridine rings is 1. The fourth-order valence-electron chi connectivity index (χ4n) is 2.29. The Labute approximate surface area is 171 Å². The number of anilines is 1. The number of ether oxygens (including phenoxy) is 1. The third-order valence-corrected chi connectivity index (χ3v) is 5.49. The lowest BCUT2D eigenvalue weighted by atomic mass is 10.2. The van der Waals surface area contributed by atoms with Crippen LogP contribution in [-0.2, 0) is 11.3 Å². The number of rotatable bonds is 5. The fourth-order valence-corrected chi connectivity index (χ4v) is 3.69. The van der Waals surface area contributed by atoms with E-state index < -0.39 is 6.09 Å². The van der Waals surface area contributed by atoms with Crippen LogP contribution in [0.1, 0.15) is 11.1 Å². The highest BCUT2D eigenvalue weighted by atomic mass is 35.5. The van der Waals surface area contributed by atoms with Gasteiger partial charge in [0.25, 0.3) is 0 Å². The van der Waals surface area contributed by atoms with Gasteiger partial charge in [-0.3, -0.25) is 5.32 Å². The van der Waals surface area contributed by atoms with Crippen molar-refractivity contribution >= 4 is 46.7 Å². The van der Waals surface area contributed by atoms with Crippen LogP contribution in [0.2, 0.25) is 10.0 Å². The van der Waals surface area contributed by atoms with Crippen LogP contribution in [0.15, 0.2) is 70.7 Å². The molecule has 0 saturated heterocycles. The zero-order chi connectivity index (χ0) is 19.2. The average Bonchev–Trinajstić information content (AvgIpc) is 2.65. The van der Waals surface area contributed by atoms with Crippen molar-refractivity contribution in [2.45, 2.75) is 23.5 Å². The van der Waals surface area contributed by atoms with Gasteiger partial charge in [0.15, 0.2) is 0 Å². The van der Waals surface area contributed by atoms with Gasteiger partial charge in [0.1, 0.15) is 11.6 Å². The molecule has 0 spiro atoms. The van der Waals surface area contributed by atoms with Gasteiger partial charge in [-0.15, -0.1) is 0 Å². The Morgan fingerprint density at radius 2 is 1.96 bits per heavy atom. The van der Waals surface area contributed by atoms with E-state index in [0.717, 1.165) is 21.7 Å². The van der Waals surface area contributed by atoms with Crippen LogP contribution in [0.25, 0.3) is 0 Å². The van der Waals surface area contributed by atoms with Crippen LogP contribution in [0.4, 0.5) is 10.5 Å². The molecule has 0 fully saturated rings. The smallest absolute Gasteiger partial charge is 0.411 e. The summed E-state index contributed by atoms with van der Waals surface area (Å²) in [6.45, 7) is 2.01. The van der Waals surface area contributed by atoms with E-state index in [1.54, 1.807) is 24.4 Å². The summed E-state index contributed by atoms with van der Waals surface area (Å²) in [6, 6.07) is 16.4. The number of hydrogen-bond acceptors (Lipinski definition) is 4. The minimum absolute atomic E-state index is 0.0963. The number of halogens is 2. The summed E-state index contributed by atoms with van der Waals surface area (Å²) >= 11 is 13.6. The van der Waals surface area contributed by atoms with E-state index in [1.807, 2.05) is 43.3 Å². The number of carbonyl (C=O) groups excluding carboxylic acids is 1. The van der Waals surface area contributed by atoms with Crippen LogP contribution >= 0.6 is 35.0 Å². The fraction of sp³-hybridized carbons (Fsp3) is 0.100. The van der Waals surface area contributed by atoms with E-state index in [-0.39, 0.29) is 6.61 Å². The van der Waals surface area contributed by atoms with Crippen molar-refractivity contribution in [2.24, 2.45) is 0 Å². The largest absolute Gasteiger partial charge is 0.444 e. The van der Waals surface area contributed by atoms with E-state index in [9.17, 15) is 4.79 Å². The molecule has 0 saturated carbocycles. The van der Waals surface area contributed by atoms with E-state index in [2.05, 4.69) is 10.3 Å². The molecule has 0 bridgehead atoms. The highest BCUT2D eigenvalue weighted by Crippen LogP contribution is 2.35. The van der Waals surface area contributed by atoms with Crippen molar-refractivity contribution in [1.29, 1.82) is 0 Å². The summed E-state index contributed by atoms with van der Waals surface area (Å²) in [7, 11) is 0. The summed E-state index contributed by atoms with van der Waals surface area (Å²) in [5.74, 6) is 0. The number of hydrogen-bond donors (Lipinski definition) is 1. The van der Waals surface area contributed by atoms with Crippen molar-refractivity contribution in [3.8, 4) is 0 Å². The summed E-state index contributed by atoms with van der Waals surface area (Å²) in [5, 5.41) is 4.57. The summed E-state index contributed by atoms with van der Waals surface area (Å²) in [6.07, 6.45) is 1.16. The van der Waals surface area contributed by atoms with Gasteiger partial charge in [-0.05, 0) is 42.8 Å². The first-order valence-electron chi connectivity index (χ1n) is 8.09.